The Hall–Kier alpha value is -0.900. The Balaban J connectivity index is 1.72. The van der Waals surface area contributed by atoms with E-state index >= 15 is 0 Å². The van der Waals surface area contributed by atoms with Crippen molar-refractivity contribution in [2.45, 2.75) is 31.5 Å². The molecule has 1 saturated heterocycles. The zero-order valence-corrected chi connectivity index (χ0v) is 11.1. The predicted molar refractivity (Wildman–Crippen MR) is 72.5 cm³/mol. The first-order chi connectivity index (χ1) is 8.84. The first-order valence-electron chi connectivity index (χ1n) is 6.95. The minimum Gasteiger partial charge on any atom is -0.377 e. The lowest BCUT2D eigenvalue weighted by Gasteiger charge is -2.34. The summed E-state index contributed by atoms with van der Waals surface area (Å²) in [6, 6.07) is 9.26. The molecule has 0 aliphatic carbocycles. The summed E-state index contributed by atoms with van der Waals surface area (Å²) in [5.41, 5.74) is 2.92. The number of ether oxygens (including phenoxy) is 1. The van der Waals surface area contributed by atoms with Gasteiger partial charge < -0.3 is 10.1 Å². The van der Waals surface area contributed by atoms with Gasteiger partial charge in [-0.1, -0.05) is 24.3 Å². The van der Waals surface area contributed by atoms with Crippen molar-refractivity contribution in [3.05, 3.63) is 35.4 Å². The van der Waals surface area contributed by atoms with E-state index in [1.807, 2.05) is 0 Å². The molecule has 18 heavy (non-hydrogen) atoms. The summed E-state index contributed by atoms with van der Waals surface area (Å²) in [5, 5.41) is 3.51. The van der Waals surface area contributed by atoms with Crippen molar-refractivity contribution in [2.75, 3.05) is 26.7 Å². The predicted octanol–water partition coefficient (Wildman–Crippen LogP) is 1.94. The van der Waals surface area contributed by atoms with Gasteiger partial charge in [-0.25, -0.2) is 0 Å². The summed E-state index contributed by atoms with van der Waals surface area (Å²) >= 11 is 0. The molecule has 2 aliphatic heterocycles. The maximum absolute atomic E-state index is 5.74. The molecule has 0 radical (unpaired) electrons. The molecular weight excluding hydrogens is 224 g/mol. The maximum Gasteiger partial charge on any atom is 0.0702 e. The average molecular weight is 246 g/mol. The second-order valence-corrected chi connectivity index (χ2v) is 5.42. The van der Waals surface area contributed by atoms with Crippen LogP contribution in [0.2, 0.25) is 0 Å². The average Bonchev–Trinajstić information content (AvgIpc) is 2.91. The number of benzene rings is 1. The Morgan fingerprint density at radius 3 is 3.11 bits per heavy atom. The molecule has 2 unspecified atom stereocenters. The first kappa shape index (κ1) is 12.2. The number of fused-ring (bicyclic) bond motifs is 1. The van der Waals surface area contributed by atoms with E-state index in [4.69, 9.17) is 4.74 Å². The maximum atomic E-state index is 5.74. The molecule has 0 amide bonds. The number of likely N-dealkylation sites (N-methyl/N-ethyl adjacent to an activating group) is 1. The van der Waals surface area contributed by atoms with Gasteiger partial charge in [-0.2, -0.15) is 0 Å². The minimum atomic E-state index is 0.434. The van der Waals surface area contributed by atoms with Gasteiger partial charge in [0, 0.05) is 32.3 Å². The Morgan fingerprint density at radius 2 is 2.28 bits per heavy atom. The van der Waals surface area contributed by atoms with Gasteiger partial charge in [-0.15, -0.1) is 0 Å². The van der Waals surface area contributed by atoms with Gasteiger partial charge >= 0.3 is 0 Å². The molecule has 0 saturated carbocycles. The summed E-state index contributed by atoms with van der Waals surface area (Å²) in [6.45, 7) is 4.03. The van der Waals surface area contributed by atoms with Crippen molar-refractivity contribution in [3.63, 3.8) is 0 Å². The van der Waals surface area contributed by atoms with Crippen LogP contribution in [0.3, 0.4) is 0 Å². The molecule has 0 spiro atoms. The molecule has 3 rings (SSSR count). The van der Waals surface area contributed by atoms with Gasteiger partial charge in [-0.05, 0) is 31.0 Å². The molecule has 3 heteroatoms. The summed E-state index contributed by atoms with van der Waals surface area (Å²) in [5.74, 6) is 0. The number of rotatable bonds is 3. The summed E-state index contributed by atoms with van der Waals surface area (Å²) in [7, 11) is 2.22. The third-order valence-electron chi connectivity index (χ3n) is 4.11. The molecule has 2 aliphatic rings. The standard InChI is InChI=1S/C15H22N2O/c1-17(11-13-6-4-8-18-13)15-10-16-9-12-5-2-3-7-14(12)15/h2-3,5,7,13,15-16H,4,6,8-11H2,1H3. The van der Waals surface area contributed by atoms with Crippen LogP contribution in [0.25, 0.3) is 0 Å². The topological polar surface area (TPSA) is 24.5 Å². The molecule has 1 aromatic carbocycles. The summed E-state index contributed by atoms with van der Waals surface area (Å²) < 4.78 is 5.74. The minimum absolute atomic E-state index is 0.434. The second-order valence-electron chi connectivity index (χ2n) is 5.42. The van der Waals surface area contributed by atoms with Crippen LogP contribution in [-0.4, -0.2) is 37.7 Å². The van der Waals surface area contributed by atoms with Crippen LogP contribution in [0, 0.1) is 0 Å². The molecule has 0 bridgehead atoms. The Bertz CT molecular complexity index is 401. The molecule has 2 heterocycles. The molecule has 2 atom stereocenters. The number of nitrogens with one attached hydrogen (secondary N) is 1. The zero-order chi connectivity index (χ0) is 12.4. The molecule has 1 fully saturated rings. The van der Waals surface area contributed by atoms with Gasteiger partial charge in [0.2, 0.25) is 0 Å². The SMILES string of the molecule is CN(CC1CCCO1)C1CNCc2ccccc21. The summed E-state index contributed by atoms with van der Waals surface area (Å²) in [6.07, 6.45) is 2.87. The van der Waals surface area contributed by atoms with Gasteiger partial charge in [0.15, 0.2) is 0 Å². The second kappa shape index (κ2) is 5.39. The Kier molecular flexibility index (Phi) is 3.64. The summed E-state index contributed by atoms with van der Waals surface area (Å²) in [4.78, 5) is 2.45. The van der Waals surface area contributed by atoms with Crippen molar-refractivity contribution in [1.82, 2.24) is 10.2 Å². The van der Waals surface area contributed by atoms with Crippen molar-refractivity contribution >= 4 is 0 Å². The molecule has 3 nitrogen and oxygen atoms in total. The highest BCUT2D eigenvalue weighted by Gasteiger charge is 2.26. The molecule has 1 aromatic rings. The van der Waals surface area contributed by atoms with E-state index in [1.165, 1.54) is 24.0 Å². The van der Waals surface area contributed by atoms with Gasteiger partial charge in [0.25, 0.3) is 0 Å². The molecule has 1 N–H and O–H groups in total. The highest BCUT2D eigenvalue weighted by Crippen LogP contribution is 2.27. The lowest BCUT2D eigenvalue weighted by atomic mass is 9.95. The van der Waals surface area contributed by atoms with E-state index in [-0.39, 0.29) is 0 Å². The Morgan fingerprint density at radius 1 is 1.39 bits per heavy atom. The lowest BCUT2D eigenvalue weighted by Crippen LogP contribution is -2.40. The van der Waals surface area contributed by atoms with E-state index in [2.05, 4.69) is 41.5 Å². The highest BCUT2D eigenvalue weighted by molar-refractivity contribution is 5.32. The zero-order valence-electron chi connectivity index (χ0n) is 11.1. The van der Waals surface area contributed by atoms with Crippen molar-refractivity contribution in [2.24, 2.45) is 0 Å². The van der Waals surface area contributed by atoms with Crippen LogP contribution < -0.4 is 5.32 Å². The van der Waals surface area contributed by atoms with Crippen molar-refractivity contribution in [3.8, 4) is 0 Å². The van der Waals surface area contributed by atoms with Crippen molar-refractivity contribution < 1.29 is 4.74 Å². The van der Waals surface area contributed by atoms with Crippen LogP contribution in [0.4, 0.5) is 0 Å². The van der Waals surface area contributed by atoms with Crippen LogP contribution in [0.15, 0.2) is 24.3 Å². The van der Waals surface area contributed by atoms with E-state index in [0.29, 0.717) is 12.1 Å². The fourth-order valence-corrected chi connectivity index (χ4v) is 3.10. The third kappa shape index (κ3) is 2.44. The number of hydrogen-bond acceptors (Lipinski definition) is 3. The fraction of sp³-hybridized carbons (Fsp3) is 0.600. The van der Waals surface area contributed by atoms with Gasteiger partial charge in [0.1, 0.15) is 0 Å². The molecule has 0 aromatic heterocycles. The van der Waals surface area contributed by atoms with Crippen LogP contribution in [0.1, 0.15) is 30.0 Å². The fourth-order valence-electron chi connectivity index (χ4n) is 3.10. The van der Waals surface area contributed by atoms with Gasteiger partial charge in [-0.3, -0.25) is 4.90 Å². The normalized spacial score (nSPS) is 27.4. The van der Waals surface area contributed by atoms with E-state index in [1.54, 1.807) is 0 Å². The quantitative estimate of drug-likeness (QED) is 0.882. The largest absolute Gasteiger partial charge is 0.377 e. The molecular formula is C15H22N2O. The van der Waals surface area contributed by atoms with Crippen LogP contribution >= 0.6 is 0 Å². The van der Waals surface area contributed by atoms with Crippen molar-refractivity contribution in [1.29, 1.82) is 0 Å². The third-order valence-corrected chi connectivity index (χ3v) is 4.11. The smallest absolute Gasteiger partial charge is 0.0702 e. The Labute approximate surface area is 109 Å². The van der Waals surface area contributed by atoms with E-state index in [0.717, 1.165) is 26.2 Å². The highest BCUT2D eigenvalue weighted by atomic mass is 16.5. The van der Waals surface area contributed by atoms with Crippen LogP contribution in [0.5, 0.6) is 0 Å². The lowest BCUT2D eigenvalue weighted by molar-refractivity contribution is 0.0663. The molecule has 98 valence electrons. The monoisotopic (exact) mass is 246 g/mol. The first-order valence-corrected chi connectivity index (χ1v) is 6.95. The van der Waals surface area contributed by atoms with E-state index in [9.17, 15) is 0 Å². The van der Waals surface area contributed by atoms with Crippen LogP contribution in [-0.2, 0) is 11.3 Å². The number of hydrogen-bond donors (Lipinski definition) is 1. The number of nitrogens with zero attached hydrogens (tertiary/aromatic N) is 1. The van der Waals surface area contributed by atoms with E-state index < -0.39 is 0 Å². The van der Waals surface area contributed by atoms with Gasteiger partial charge in [0.05, 0.1) is 6.10 Å².